The molecule has 0 unspecified atom stereocenters. The second-order valence-electron chi connectivity index (χ2n) is 5.62. The Morgan fingerprint density at radius 2 is 2.25 bits per heavy atom. The summed E-state index contributed by atoms with van der Waals surface area (Å²) in [6.45, 7) is 6.40. The van der Waals surface area contributed by atoms with Gasteiger partial charge < -0.3 is 10.1 Å². The lowest BCUT2D eigenvalue weighted by molar-refractivity contribution is 0.0204. The number of morpholine rings is 1. The molecule has 1 fully saturated rings. The number of carbonyl (C=O) groups excluding carboxylic acids is 1. The quantitative estimate of drug-likeness (QED) is 0.919. The average Bonchev–Trinajstić information content (AvgIpc) is 3.06. The smallest absolute Gasteiger partial charge is 0.261 e. The van der Waals surface area contributed by atoms with Crippen LogP contribution in [0.15, 0.2) is 6.07 Å². The van der Waals surface area contributed by atoms with E-state index in [4.69, 9.17) is 4.74 Å². The highest BCUT2D eigenvalue weighted by Gasteiger charge is 2.20. The van der Waals surface area contributed by atoms with Crippen molar-refractivity contribution in [3.05, 3.63) is 21.4 Å². The maximum absolute atomic E-state index is 12.2. The molecule has 1 aliphatic heterocycles. The van der Waals surface area contributed by atoms with Gasteiger partial charge in [0.25, 0.3) is 5.91 Å². The first kappa shape index (κ1) is 14.0. The number of rotatable bonds is 4. The Balaban J connectivity index is 1.50. The fourth-order valence-corrected chi connectivity index (χ4v) is 4.09. The summed E-state index contributed by atoms with van der Waals surface area (Å²) in [5.41, 5.74) is 1.39. The molecule has 2 aliphatic rings. The van der Waals surface area contributed by atoms with Crippen LogP contribution in [0.1, 0.15) is 33.5 Å². The zero-order valence-electron chi connectivity index (χ0n) is 12.0. The molecule has 1 aliphatic carbocycles. The first-order valence-electron chi connectivity index (χ1n) is 7.45. The van der Waals surface area contributed by atoms with Gasteiger partial charge in [-0.15, -0.1) is 11.3 Å². The van der Waals surface area contributed by atoms with Gasteiger partial charge in [-0.1, -0.05) is 0 Å². The number of thiophene rings is 1. The van der Waals surface area contributed by atoms with Crippen LogP contribution in [-0.2, 0) is 17.6 Å². The number of hydrogen-bond acceptors (Lipinski definition) is 4. The minimum atomic E-state index is 0.0875. The van der Waals surface area contributed by atoms with Crippen LogP contribution in [0.2, 0.25) is 0 Å². The van der Waals surface area contributed by atoms with E-state index in [1.54, 1.807) is 11.3 Å². The number of amides is 1. The molecule has 4 nitrogen and oxygen atoms in total. The van der Waals surface area contributed by atoms with E-state index in [2.05, 4.69) is 23.2 Å². The number of ether oxygens (including phenoxy) is 1. The van der Waals surface area contributed by atoms with Crippen molar-refractivity contribution in [2.24, 2.45) is 0 Å². The number of aryl methyl sites for hydroxylation is 2. The van der Waals surface area contributed by atoms with E-state index in [9.17, 15) is 4.79 Å². The van der Waals surface area contributed by atoms with Gasteiger partial charge in [0.15, 0.2) is 0 Å². The van der Waals surface area contributed by atoms with Crippen LogP contribution < -0.4 is 5.32 Å². The lowest BCUT2D eigenvalue weighted by atomic mass is 10.2. The van der Waals surface area contributed by atoms with Gasteiger partial charge in [0.1, 0.15) is 0 Å². The van der Waals surface area contributed by atoms with Crippen LogP contribution in [-0.4, -0.2) is 49.7 Å². The summed E-state index contributed by atoms with van der Waals surface area (Å²) in [4.78, 5) is 16.9. The van der Waals surface area contributed by atoms with Gasteiger partial charge in [-0.05, 0) is 37.8 Å². The van der Waals surface area contributed by atoms with Crippen molar-refractivity contribution in [1.82, 2.24) is 10.2 Å². The van der Waals surface area contributed by atoms with Gasteiger partial charge >= 0.3 is 0 Å². The molecule has 2 heterocycles. The van der Waals surface area contributed by atoms with E-state index < -0.39 is 0 Å². The predicted molar refractivity (Wildman–Crippen MR) is 80.5 cm³/mol. The SMILES string of the molecule is C[C@@H](CNC(=O)c1cc2c(s1)CCC2)N1CCOCC1. The van der Waals surface area contributed by atoms with Gasteiger partial charge in [-0.2, -0.15) is 0 Å². The van der Waals surface area contributed by atoms with Gasteiger partial charge in [-0.25, -0.2) is 0 Å². The van der Waals surface area contributed by atoms with E-state index in [0.717, 1.165) is 44.0 Å². The van der Waals surface area contributed by atoms with Gasteiger partial charge in [-0.3, -0.25) is 9.69 Å². The molecule has 0 saturated carbocycles. The molecule has 0 spiro atoms. The Hall–Kier alpha value is -0.910. The molecular formula is C15H22N2O2S. The summed E-state index contributed by atoms with van der Waals surface area (Å²) < 4.78 is 5.35. The van der Waals surface area contributed by atoms with Gasteiger partial charge in [0.2, 0.25) is 0 Å². The van der Waals surface area contributed by atoms with Crippen molar-refractivity contribution in [2.75, 3.05) is 32.8 Å². The fraction of sp³-hybridized carbons (Fsp3) is 0.667. The minimum Gasteiger partial charge on any atom is -0.379 e. The van der Waals surface area contributed by atoms with E-state index in [1.165, 1.54) is 16.9 Å². The standard InChI is InChI=1S/C15H22N2O2S/c1-11(17-5-7-19-8-6-17)10-16-15(18)14-9-12-3-2-4-13(12)20-14/h9,11H,2-8,10H2,1H3,(H,16,18)/t11-/m0/s1. The van der Waals surface area contributed by atoms with E-state index in [1.807, 2.05) is 0 Å². The number of fused-ring (bicyclic) bond motifs is 1. The summed E-state index contributed by atoms with van der Waals surface area (Å²) in [5, 5.41) is 3.07. The van der Waals surface area contributed by atoms with E-state index >= 15 is 0 Å². The van der Waals surface area contributed by atoms with Crippen LogP contribution in [0.5, 0.6) is 0 Å². The second kappa shape index (κ2) is 6.24. The Labute approximate surface area is 124 Å². The van der Waals surface area contributed by atoms with Crippen molar-refractivity contribution in [2.45, 2.75) is 32.2 Å². The maximum atomic E-state index is 12.2. The lowest BCUT2D eigenvalue weighted by Crippen LogP contribution is -2.47. The van der Waals surface area contributed by atoms with Crippen molar-refractivity contribution < 1.29 is 9.53 Å². The Morgan fingerprint density at radius 3 is 3.00 bits per heavy atom. The van der Waals surface area contributed by atoms with Crippen molar-refractivity contribution in [3.63, 3.8) is 0 Å². The average molecular weight is 294 g/mol. The van der Waals surface area contributed by atoms with Crippen molar-refractivity contribution in [1.29, 1.82) is 0 Å². The molecule has 1 atom stereocenters. The third kappa shape index (κ3) is 3.05. The first-order valence-corrected chi connectivity index (χ1v) is 8.27. The Morgan fingerprint density at radius 1 is 1.45 bits per heavy atom. The van der Waals surface area contributed by atoms with Crippen LogP contribution in [0.3, 0.4) is 0 Å². The number of carbonyl (C=O) groups is 1. The highest BCUT2D eigenvalue weighted by molar-refractivity contribution is 7.14. The van der Waals surface area contributed by atoms with Crippen molar-refractivity contribution >= 4 is 17.2 Å². The number of hydrogen-bond donors (Lipinski definition) is 1. The zero-order valence-corrected chi connectivity index (χ0v) is 12.8. The fourth-order valence-electron chi connectivity index (χ4n) is 2.92. The summed E-state index contributed by atoms with van der Waals surface area (Å²) in [6, 6.07) is 2.46. The van der Waals surface area contributed by atoms with Crippen LogP contribution in [0.4, 0.5) is 0 Å². The van der Waals surface area contributed by atoms with E-state index in [-0.39, 0.29) is 5.91 Å². The summed E-state index contributed by atoms with van der Waals surface area (Å²) in [7, 11) is 0. The maximum Gasteiger partial charge on any atom is 0.261 e. The molecule has 1 amide bonds. The molecule has 110 valence electrons. The highest BCUT2D eigenvalue weighted by atomic mass is 32.1. The van der Waals surface area contributed by atoms with E-state index in [0.29, 0.717) is 12.6 Å². The molecule has 0 aromatic carbocycles. The summed E-state index contributed by atoms with van der Waals surface area (Å²) in [5.74, 6) is 0.0875. The minimum absolute atomic E-state index is 0.0875. The van der Waals surface area contributed by atoms with Crippen LogP contribution >= 0.6 is 11.3 Å². The van der Waals surface area contributed by atoms with Gasteiger partial charge in [0, 0.05) is 30.6 Å². The zero-order chi connectivity index (χ0) is 13.9. The molecule has 5 heteroatoms. The Kier molecular flexibility index (Phi) is 4.38. The number of nitrogens with one attached hydrogen (secondary N) is 1. The summed E-state index contributed by atoms with van der Waals surface area (Å²) >= 11 is 1.67. The Bertz CT molecular complexity index is 459. The number of nitrogens with zero attached hydrogens (tertiary/aromatic N) is 1. The monoisotopic (exact) mass is 294 g/mol. The third-order valence-electron chi connectivity index (χ3n) is 4.20. The topological polar surface area (TPSA) is 41.6 Å². The molecule has 1 N–H and O–H groups in total. The molecule has 1 aromatic heterocycles. The normalized spacial score (nSPS) is 20.6. The second-order valence-corrected chi connectivity index (χ2v) is 6.76. The highest BCUT2D eigenvalue weighted by Crippen LogP contribution is 2.30. The van der Waals surface area contributed by atoms with Crippen LogP contribution in [0.25, 0.3) is 0 Å². The van der Waals surface area contributed by atoms with Gasteiger partial charge in [0.05, 0.1) is 18.1 Å². The molecule has 1 saturated heterocycles. The lowest BCUT2D eigenvalue weighted by Gasteiger charge is -2.32. The molecule has 0 bridgehead atoms. The van der Waals surface area contributed by atoms with Crippen LogP contribution in [0, 0.1) is 0 Å². The largest absolute Gasteiger partial charge is 0.379 e. The molecule has 20 heavy (non-hydrogen) atoms. The molecular weight excluding hydrogens is 272 g/mol. The third-order valence-corrected chi connectivity index (χ3v) is 5.43. The van der Waals surface area contributed by atoms with Crippen molar-refractivity contribution in [3.8, 4) is 0 Å². The first-order chi connectivity index (χ1) is 9.74. The summed E-state index contributed by atoms with van der Waals surface area (Å²) in [6.07, 6.45) is 3.54. The molecule has 1 aromatic rings. The predicted octanol–water partition coefficient (Wildman–Crippen LogP) is 1.69. The molecule has 0 radical (unpaired) electrons. The molecule has 3 rings (SSSR count).